The molecule has 0 spiro atoms. The Morgan fingerprint density at radius 3 is 2.10 bits per heavy atom. The fraction of sp³-hybridized carbons (Fsp3) is 0.0455. The highest BCUT2D eigenvalue weighted by Gasteiger charge is 2.14. The average Bonchev–Trinajstić information content (AvgIpc) is 2.73. The van der Waals surface area contributed by atoms with Crippen LogP contribution in [-0.2, 0) is 11.2 Å². The highest BCUT2D eigenvalue weighted by Crippen LogP contribution is 2.25. The fourth-order valence-corrected chi connectivity index (χ4v) is 3.28. The summed E-state index contributed by atoms with van der Waals surface area (Å²) in [5.74, 6) is -0.362. The molecule has 0 bridgehead atoms. The van der Waals surface area contributed by atoms with Gasteiger partial charge in [-0.25, -0.2) is 5.43 Å². The first-order valence-corrected chi connectivity index (χ1v) is 9.59. The first-order valence-electron chi connectivity index (χ1n) is 8.83. The topological polar surface area (TPSA) is 64.0 Å². The van der Waals surface area contributed by atoms with Gasteiger partial charge in [0.15, 0.2) is 0 Å². The third-order valence-electron chi connectivity index (χ3n) is 4.43. The normalized spacial score (nSPS) is 10.8. The molecule has 0 aliphatic carbocycles. The molecule has 0 atom stereocenters. The smallest absolute Gasteiger partial charge is 0.273 e. The quantitative estimate of drug-likeness (QED) is 0.517. The third kappa shape index (κ3) is 4.16. The number of aromatic nitrogens is 2. The van der Waals surface area contributed by atoms with Crippen LogP contribution in [0.15, 0.2) is 77.6 Å². The second-order valence-electron chi connectivity index (χ2n) is 6.46. The maximum absolute atomic E-state index is 12.8. The van der Waals surface area contributed by atoms with Gasteiger partial charge in [0.1, 0.15) is 5.69 Å². The molecule has 0 radical (unpaired) electrons. The Hall–Kier alpha value is -3.15. The zero-order chi connectivity index (χ0) is 20.4. The van der Waals surface area contributed by atoms with Gasteiger partial charge in [-0.15, -0.1) is 9.89 Å². The van der Waals surface area contributed by atoms with E-state index in [9.17, 15) is 9.59 Å². The molecule has 0 unspecified atom stereocenters. The summed E-state index contributed by atoms with van der Waals surface area (Å²) in [6, 6.07) is 21.2. The summed E-state index contributed by atoms with van der Waals surface area (Å²) in [5.41, 5.74) is 4.31. The minimum atomic E-state index is -0.400. The van der Waals surface area contributed by atoms with Gasteiger partial charge in [0.2, 0.25) is 5.91 Å². The Morgan fingerprint density at radius 1 is 0.862 bits per heavy atom. The number of carbonyl (C=O) groups is 1. The Balaban J connectivity index is 1.73. The second kappa shape index (κ2) is 8.07. The lowest BCUT2D eigenvalue weighted by atomic mass is 10.1. The average molecular weight is 424 g/mol. The van der Waals surface area contributed by atoms with E-state index in [-0.39, 0.29) is 12.3 Å². The molecule has 1 heterocycles. The second-order valence-corrected chi connectivity index (χ2v) is 7.33. The Bertz CT molecular complexity index is 1250. The largest absolute Gasteiger partial charge is 0.294 e. The van der Waals surface area contributed by atoms with Crippen molar-refractivity contribution in [3.63, 3.8) is 0 Å². The van der Waals surface area contributed by atoms with Crippen LogP contribution in [0.1, 0.15) is 5.56 Å². The zero-order valence-corrected chi connectivity index (χ0v) is 16.6. The predicted molar refractivity (Wildman–Crippen MR) is 116 cm³/mol. The summed E-state index contributed by atoms with van der Waals surface area (Å²) in [6.45, 7) is 0. The molecule has 1 N–H and O–H groups in total. The first kappa shape index (κ1) is 19.2. The van der Waals surface area contributed by atoms with Gasteiger partial charge in [0, 0.05) is 21.0 Å². The number of carbonyl (C=O) groups excluding carboxylic acids is 1. The van der Waals surface area contributed by atoms with Crippen molar-refractivity contribution >= 4 is 39.9 Å². The number of benzene rings is 3. The van der Waals surface area contributed by atoms with Crippen LogP contribution < -0.4 is 11.0 Å². The molecule has 7 heteroatoms. The van der Waals surface area contributed by atoms with Gasteiger partial charge in [0.05, 0.1) is 11.8 Å². The predicted octanol–water partition coefficient (Wildman–Crippen LogP) is 4.68. The van der Waals surface area contributed by atoms with Crippen LogP contribution in [0.25, 0.3) is 22.0 Å². The van der Waals surface area contributed by atoms with E-state index < -0.39 is 5.56 Å². The fourth-order valence-electron chi connectivity index (χ4n) is 3.03. The zero-order valence-electron chi connectivity index (χ0n) is 15.1. The lowest BCUT2D eigenvalue weighted by molar-refractivity contribution is -0.116. The number of nitrogens with one attached hydrogen (secondary N) is 1. The molecule has 0 aliphatic rings. The third-order valence-corrected chi connectivity index (χ3v) is 4.94. The standard InChI is InChI=1S/C22H15Cl2N3O2/c23-16-9-5-14(6-10-16)13-20(28)25-27-22(29)19-4-2-1-3-18(19)21(26-27)15-7-11-17(24)12-8-15/h1-12H,13H2,(H,25,28). The van der Waals surface area contributed by atoms with Crippen LogP contribution in [0.4, 0.5) is 0 Å². The van der Waals surface area contributed by atoms with Crippen LogP contribution in [0.5, 0.6) is 0 Å². The molecule has 5 nitrogen and oxygen atoms in total. The van der Waals surface area contributed by atoms with Crippen molar-refractivity contribution in [3.05, 3.63) is 98.8 Å². The molecule has 0 aliphatic heterocycles. The molecule has 1 aromatic heterocycles. The maximum atomic E-state index is 12.8. The summed E-state index contributed by atoms with van der Waals surface area (Å²) >= 11 is 11.9. The molecule has 0 saturated carbocycles. The van der Waals surface area contributed by atoms with Gasteiger partial charge in [0.25, 0.3) is 5.56 Å². The Morgan fingerprint density at radius 2 is 1.45 bits per heavy atom. The van der Waals surface area contributed by atoms with Gasteiger partial charge in [-0.2, -0.15) is 0 Å². The molecular weight excluding hydrogens is 409 g/mol. The van der Waals surface area contributed by atoms with E-state index in [2.05, 4.69) is 10.5 Å². The van der Waals surface area contributed by atoms with Crippen LogP contribution in [0.3, 0.4) is 0 Å². The lowest BCUT2D eigenvalue weighted by Gasteiger charge is -2.12. The van der Waals surface area contributed by atoms with E-state index in [1.165, 1.54) is 0 Å². The number of hydrogen-bond acceptors (Lipinski definition) is 3. The van der Waals surface area contributed by atoms with E-state index in [1.54, 1.807) is 48.5 Å². The maximum Gasteiger partial charge on any atom is 0.294 e. The van der Waals surface area contributed by atoms with Crippen molar-refractivity contribution in [1.82, 2.24) is 9.89 Å². The summed E-state index contributed by atoms with van der Waals surface area (Å²) in [5, 5.41) is 6.75. The van der Waals surface area contributed by atoms with Crippen molar-refractivity contribution in [2.45, 2.75) is 6.42 Å². The molecule has 1 amide bonds. The first-order chi connectivity index (χ1) is 14.0. The number of rotatable bonds is 4. The minimum Gasteiger partial charge on any atom is -0.273 e. The Labute approximate surface area is 176 Å². The van der Waals surface area contributed by atoms with Crippen molar-refractivity contribution in [2.75, 3.05) is 5.43 Å². The van der Waals surface area contributed by atoms with Crippen molar-refractivity contribution in [2.24, 2.45) is 0 Å². The monoisotopic (exact) mass is 423 g/mol. The van der Waals surface area contributed by atoms with Crippen LogP contribution in [-0.4, -0.2) is 15.8 Å². The van der Waals surface area contributed by atoms with Crippen LogP contribution in [0.2, 0.25) is 10.0 Å². The highest BCUT2D eigenvalue weighted by atomic mass is 35.5. The van der Waals surface area contributed by atoms with E-state index in [0.29, 0.717) is 26.5 Å². The van der Waals surface area contributed by atoms with Gasteiger partial charge in [-0.05, 0) is 35.9 Å². The van der Waals surface area contributed by atoms with Crippen molar-refractivity contribution in [3.8, 4) is 11.3 Å². The number of amides is 1. The minimum absolute atomic E-state index is 0.0917. The summed E-state index contributed by atoms with van der Waals surface area (Å²) < 4.78 is 0. The van der Waals surface area contributed by atoms with Crippen molar-refractivity contribution in [1.29, 1.82) is 0 Å². The van der Waals surface area contributed by atoms with Gasteiger partial charge >= 0.3 is 0 Å². The molecule has 4 rings (SSSR count). The molecule has 0 fully saturated rings. The molecule has 0 saturated heterocycles. The number of halogens is 2. The van der Waals surface area contributed by atoms with E-state index in [4.69, 9.17) is 23.2 Å². The number of fused-ring (bicyclic) bond motifs is 1. The van der Waals surface area contributed by atoms with Crippen molar-refractivity contribution < 1.29 is 4.79 Å². The molecule has 3 aromatic carbocycles. The van der Waals surface area contributed by atoms with Crippen LogP contribution >= 0.6 is 23.2 Å². The van der Waals surface area contributed by atoms with Gasteiger partial charge in [-0.3, -0.25) is 9.59 Å². The molecule has 144 valence electrons. The Kier molecular flexibility index (Phi) is 5.34. The summed E-state index contributed by atoms with van der Waals surface area (Å²) in [4.78, 5) is 26.3. The van der Waals surface area contributed by atoms with E-state index in [1.807, 2.05) is 24.3 Å². The SMILES string of the molecule is O=C(Cc1ccc(Cl)cc1)Nn1nc(-c2ccc(Cl)cc2)c2ccccc2c1=O. The molecular formula is C22H15Cl2N3O2. The van der Waals surface area contributed by atoms with Crippen LogP contribution in [0, 0.1) is 0 Å². The lowest BCUT2D eigenvalue weighted by Crippen LogP contribution is -2.36. The number of hydrogen-bond donors (Lipinski definition) is 1. The number of nitrogens with zero attached hydrogens (tertiary/aromatic N) is 2. The molecule has 29 heavy (non-hydrogen) atoms. The van der Waals surface area contributed by atoms with Gasteiger partial charge in [-0.1, -0.05) is 65.7 Å². The summed E-state index contributed by atoms with van der Waals surface area (Å²) in [7, 11) is 0. The van der Waals surface area contributed by atoms with E-state index in [0.717, 1.165) is 15.9 Å². The summed E-state index contributed by atoms with van der Waals surface area (Å²) in [6.07, 6.45) is 0.0917. The highest BCUT2D eigenvalue weighted by molar-refractivity contribution is 6.30. The van der Waals surface area contributed by atoms with Gasteiger partial charge < -0.3 is 0 Å². The molecule has 4 aromatic rings. The van der Waals surface area contributed by atoms with E-state index >= 15 is 0 Å².